The predicted molar refractivity (Wildman–Crippen MR) is 101 cm³/mol. The van der Waals surface area contributed by atoms with E-state index in [-0.39, 0.29) is 28.3 Å². The highest BCUT2D eigenvalue weighted by molar-refractivity contribution is 7.89. The summed E-state index contributed by atoms with van der Waals surface area (Å²) in [6.45, 7) is 1.61. The molecule has 0 saturated heterocycles. The van der Waals surface area contributed by atoms with Crippen LogP contribution in [0.15, 0.2) is 53.4 Å². The van der Waals surface area contributed by atoms with Crippen LogP contribution in [0, 0.1) is 0 Å². The first-order valence-corrected chi connectivity index (χ1v) is 10.1. The van der Waals surface area contributed by atoms with Gasteiger partial charge in [0.05, 0.1) is 23.4 Å². The standard InChI is InChI=1S/C19H18F3N3O3S/c1-3-14-17(15-6-4-5-7-16(15)28-2)25(24-18(14)19(20,21)22)12-8-10-13(11-9-12)29(23,26)27/h4-11H,3H2,1-2H3,(H2,23,26,27). The molecule has 0 aliphatic rings. The quantitative estimate of drug-likeness (QED) is 0.674. The topological polar surface area (TPSA) is 87.2 Å². The third kappa shape index (κ3) is 3.99. The zero-order chi connectivity index (χ0) is 21.4. The van der Waals surface area contributed by atoms with Gasteiger partial charge in [0.1, 0.15) is 5.75 Å². The molecular formula is C19H18F3N3O3S. The molecule has 3 aromatic rings. The summed E-state index contributed by atoms with van der Waals surface area (Å²) in [6.07, 6.45) is -4.58. The van der Waals surface area contributed by atoms with Crippen LogP contribution in [-0.2, 0) is 22.6 Å². The van der Waals surface area contributed by atoms with Gasteiger partial charge in [-0.05, 0) is 42.8 Å². The molecule has 2 aromatic carbocycles. The summed E-state index contributed by atoms with van der Waals surface area (Å²) in [5.41, 5.74) is -0.0801. The van der Waals surface area contributed by atoms with Crippen molar-refractivity contribution >= 4 is 10.0 Å². The summed E-state index contributed by atoms with van der Waals surface area (Å²) in [7, 11) is -2.51. The van der Waals surface area contributed by atoms with E-state index in [9.17, 15) is 21.6 Å². The minimum atomic E-state index is -4.66. The lowest BCUT2D eigenvalue weighted by atomic mass is 10.0. The average molecular weight is 425 g/mol. The maximum Gasteiger partial charge on any atom is 0.435 e. The lowest BCUT2D eigenvalue weighted by Crippen LogP contribution is -2.12. The van der Waals surface area contributed by atoms with Gasteiger partial charge in [-0.3, -0.25) is 0 Å². The Labute approximate surface area is 165 Å². The smallest absolute Gasteiger partial charge is 0.435 e. The zero-order valence-electron chi connectivity index (χ0n) is 15.6. The van der Waals surface area contributed by atoms with E-state index in [2.05, 4.69) is 5.10 Å². The molecule has 2 N–H and O–H groups in total. The lowest BCUT2D eigenvalue weighted by Gasteiger charge is -2.13. The highest BCUT2D eigenvalue weighted by Gasteiger charge is 2.39. The summed E-state index contributed by atoms with van der Waals surface area (Å²) in [5, 5.41) is 8.92. The van der Waals surface area contributed by atoms with Crippen LogP contribution in [-0.4, -0.2) is 25.3 Å². The van der Waals surface area contributed by atoms with Gasteiger partial charge in [0.15, 0.2) is 5.69 Å². The second-order valence-electron chi connectivity index (χ2n) is 6.18. The van der Waals surface area contributed by atoms with Crippen molar-refractivity contribution in [3.63, 3.8) is 0 Å². The molecule has 0 atom stereocenters. The van der Waals surface area contributed by atoms with Crippen LogP contribution < -0.4 is 9.88 Å². The van der Waals surface area contributed by atoms with Gasteiger partial charge < -0.3 is 4.74 Å². The Morgan fingerprint density at radius 1 is 1.10 bits per heavy atom. The molecule has 3 rings (SSSR count). The van der Waals surface area contributed by atoms with Gasteiger partial charge in [-0.25, -0.2) is 18.2 Å². The molecule has 29 heavy (non-hydrogen) atoms. The van der Waals surface area contributed by atoms with Crippen molar-refractivity contribution in [2.24, 2.45) is 5.14 Å². The molecule has 0 unspecified atom stereocenters. The number of benzene rings is 2. The maximum absolute atomic E-state index is 13.7. The number of sulfonamides is 1. The Balaban J connectivity index is 2.33. The van der Waals surface area contributed by atoms with Gasteiger partial charge in [-0.15, -0.1) is 0 Å². The normalized spacial score (nSPS) is 12.2. The fourth-order valence-electron chi connectivity index (χ4n) is 3.09. The molecule has 0 radical (unpaired) electrons. The number of ether oxygens (including phenoxy) is 1. The summed E-state index contributed by atoms with van der Waals surface area (Å²) in [5.74, 6) is 0.387. The van der Waals surface area contributed by atoms with E-state index in [1.165, 1.54) is 31.4 Å². The summed E-state index contributed by atoms with van der Waals surface area (Å²) < 4.78 is 70.4. The number of nitrogens with zero attached hydrogens (tertiary/aromatic N) is 2. The van der Waals surface area contributed by atoms with Crippen molar-refractivity contribution in [1.29, 1.82) is 0 Å². The molecule has 154 valence electrons. The maximum atomic E-state index is 13.7. The largest absolute Gasteiger partial charge is 0.496 e. The molecule has 0 aliphatic heterocycles. The van der Waals surface area contributed by atoms with Gasteiger partial charge in [-0.1, -0.05) is 19.1 Å². The number of halogens is 3. The monoisotopic (exact) mass is 425 g/mol. The molecule has 6 nitrogen and oxygen atoms in total. The average Bonchev–Trinajstić information content (AvgIpc) is 3.07. The summed E-state index contributed by atoms with van der Waals surface area (Å²) in [4.78, 5) is -0.154. The van der Waals surface area contributed by atoms with Gasteiger partial charge in [0, 0.05) is 11.1 Å². The molecule has 10 heteroatoms. The molecule has 1 aromatic heterocycles. The fourth-order valence-corrected chi connectivity index (χ4v) is 3.61. The lowest BCUT2D eigenvalue weighted by molar-refractivity contribution is -0.141. The van der Waals surface area contributed by atoms with Gasteiger partial charge in [-0.2, -0.15) is 18.3 Å². The molecule has 0 bridgehead atoms. The number of hydrogen-bond acceptors (Lipinski definition) is 4. The summed E-state index contributed by atoms with van der Waals surface area (Å²) in [6, 6.07) is 11.8. The van der Waals surface area contributed by atoms with Crippen molar-refractivity contribution in [2.45, 2.75) is 24.4 Å². The number of hydrogen-bond donors (Lipinski definition) is 1. The number of aromatic nitrogens is 2. The van der Waals surface area contributed by atoms with Crippen molar-refractivity contribution in [3.8, 4) is 22.7 Å². The van der Waals surface area contributed by atoms with Crippen LogP contribution >= 0.6 is 0 Å². The van der Waals surface area contributed by atoms with Crippen molar-refractivity contribution in [3.05, 3.63) is 59.8 Å². The van der Waals surface area contributed by atoms with Crippen molar-refractivity contribution < 1.29 is 26.3 Å². The number of primary sulfonamides is 1. The van der Waals surface area contributed by atoms with Crippen molar-refractivity contribution in [2.75, 3.05) is 7.11 Å². The van der Waals surface area contributed by atoms with E-state index < -0.39 is 21.9 Å². The van der Waals surface area contributed by atoms with Crippen LogP contribution in [0.1, 0.15) is 18.2 Å². The van der Waals surface area contributed by atoms with Gasteiger partial charge in [0.25, 0.3) is 0 Å². The highest BCUT2D eigenvalue weighted by atomic mass is 32.2. The van der Waals surface area contributed by atoms with Gasteiger partial charge >= 0.3 is 6.18 Å². The van der Waals surface area contributed by atoms with E-state index in [0.717, 1.165) is 4.68 Å². The predicted octanol–water partition coefficient (Wildman–Crippen LogP) is 3.78. The van der Waals surface area contributed by atoms with Crippen molar-refractivity contribution in [1.82, 2.24) is 9.78 Å². The van der Waals surface area contributed by atoms with Crippen LogP contribution in [0.25, 0.3) is 16.9 Å². The van der Waals surface area contributed by atoms with E-state index in [0.29, 0.717) is 11.3 Å². The third-order valence-corrected chi connectivity index (χ3v) is 5.31. The van der Waals surface area contributed by atoms with Crippen LogP contribution in [0.5, 0.6) is 5.75 Å². The minimum Gasteiger partial charge on any atom is -0.496 e. The zero-order valence-corrected chi connectivity index (χ0v) is 16.4. The Morgan fingerprint density at radius 3 is 2.24 bits per heavy atom. The summed E-state index contributed by atoms with van der Waals surface area (Å²) >= 11 is 0. The first-order chi connectivity index (χ1) is 13.6. The highest BCUT2D eigenvalue weighted by Crippen LogP contribution is 2.40. The Kier molecular flexibility index (Phi) is 5.42. The molecule has 1 heterocycles. The van der Waals surface area contributed by atoms with Crippen LogP contribution in [0.4, 0.5) is 13.2 Å². The van der Waals surface area contributed by atoms with Crippen LogP contribution in [0.3, 0.4) is 0 Å². The third-order valence-electron chi connectivity index (χ3n) is 4.38. The molecule has 0 saturated carbocycles. The van der Waals surface area contributed by atoms with E-state index in [1.54, 1.807) is 31.2 Å². The number of methoxy groups -OCH3 is 1. The van der Waals surface area contributed by atoms with E-state index >= 15 is 0 Å². The Hall–Kier alpha value is -2.85. The number of rotatable bonds is 5. The first-order valence-electron chi connectivity index (χ1n) is 8.53. The molecule has 0 aliphatic carbocycles. The first kappa shape index (κ1) is 20.9. The number of nitrogens with two attached hydrogens (primary N) is 1. The molecular weight excluding hydrogens is 407 g/mol. The second-order valence-corrected chi connectivity index (χ2v) is 7.74. The SMILES string of the molecule is CCc1c(C(F)(F)F)nn(-c2ccc(S(N)(=O)=O)cc2)c1-c1ccccc1OC. The van der Waals surface area contributed by atoms with Gasteiger partial charge in [0.2, 0.25) is 10.0 Å². The Morgan fingerprint density at radius 2 is 1.72 bits per heavy atom. The Bertz CT molecular complexity index is 1140. The fraction of sp³-hybridized carbons (Fsp3) is 0.211. The van der Waals surface area contributed by atoms with E-state index in [1.807, 2.05) is 0 Å². The molecule has 0 spiro atoms. The van der Waals surface area contributed by atoms with Crippen LogP contribution in [0.2, 0.25) is 0 Å². The molecule has 0 amide bonds. The molecule has 0 fully saturated rings. The number of alkyl halides is 3. The minimum absolute atomic E-state index is 0.0116. The van der Waals surface area contributed by atoms with E-state index in [4.69, 9.17) is 9.88 Å². The second kappa shape index (κ2) is 7.53. The number of para-hydroxylation sites is 1.